The lowest BCUT2D eigenvalue weighted by atomic mass is 10.3. The van der Waals surface area contributed by atoms with Crippen LogP contribution in [0.4, 0.5) is 17.2 Å². The Morgan fingerprint density at radius 3 is 2.95 bits per heavy atom. The summed E-state index contributed by atoms with van der Waals surface area (Å²) >= 11 is 0. The molecule has 0 spiro atoms. The predicted octanol–water partition coefficient (Wildman–Crippen LogP) is 2.06. The van der Waals surface area contributed by atoms with E-state index in [9.17, 15) is 10.1 Å². The van der Waals surface area contributed by atoms with Crippen molar-refractivity contribution in [1.29, 1.82) is 0 Å². The van der Waals surface area contributed by atoms with Crippen LogP contribution in [0.5, 0.6) is 5.75 Å². The van der Waals surface area contributed by atoms with Gasteiger partial charge in [0.2, 0.25) is 0 Å². The van der Waals surface area contributed by atoms with Crippen molar-refractivity contribution in [1.82, 2.24) is 4.98 Å². The van der Waals surface area contributed by atoms with Crippen molar-refractivity contribution in [3.63, 3.8) is 0 Å². The van der Waals surface area contributed by atoms with Gasteiger partial charge in [-0.25, -0.2) is 0 Å². The number of nitrogen functional groups attached to an aromatic ring is 1. The second kappa shape index (κ2) is 6.37. The highest BCUT2D eigenvalue weighted by atomic mass is 16.6. The van der Waals surface area contributed by atoms with Gasteiger partial charge in [0, 0.05) is 18.3 Å². The van der Waals surface area contributed by atoms with E-state index in [-0.39, 0.29) is 5.82 Å². The minimum absolute atomic E-state index is 0.198. The molecule has 1 aromatic carbocycles. The molecule has 0 aliphatic carbocycles. The summed E-state index contributed by atoms with van der Waals surface area (Å²) in [7, 11) is 0. The van der Waals surface area contributed by atoms with Gasteiger partial charge < -0.3 is 25.9 Å². The lowest BCUT2D eigenvalue weighted by Gasteiger charge is -2.08. The largest absolute Gasteiger partial charge is 0.492 e. The minimum Gasteiger partial charge on any atom is -0.492 e. The zero-order chi connectivity index (χ0) is 14.4. The first kappa shape index (κ1) is 13.6. The van der Waals surface area contributed by atoms with Crippen molar-refractivity contribution in [3.8, 4) is 5.75 Å². The number of nitrogens with one attached hydrogen (secondary N) is 1. The molecule has 7 nitrogen and oxygen atoms in total. The van der Waals surface area contributed by atoms with Crippen LogP contribution in [0, 0.1) is 10.1 Å². The number of nitrogens with zero attached hydrogens (tertiary/aromatic N) is 2. The van der Waals surface area contributed by atoms with Crippen LogP contribution in [0.25, 0.3) is 0 Å². The summed E-state index contributed by atoms with van der Waals surface area (Å²) in [5, 5.41) is 13.7. The number of ether oxygens (including phenoxy) is 1. The molecule has 0 saturated heterocycles. The minimum atomic E-state index is -0.527. The molecule has 0 aliphatic heterocycles. The van der Waals surface area contributed by atoms with Gasteiger partial charge in [-0.3, -0.25) is 0 Å². The quantitative estimate of drug-likeness (QED) is 0.361. The van der Waals surface area contributed by atoms with Crippen molar-refractivity contribution in [2.45, 2.75) is 0 Å². The van der Waals surface area contributed by atoms with Gasteiger partial charge in [-0.15, -0.1) is 0 Å². The fraction of sp³-hybridized carbons (Fsp3) is 0.154. The standard InChI is InChI=1S/C13H14N4O3/c14-10-3-1-4-11(9-10)20-8-7-15-12-5-2-6-16-13(12)17(18)19/h1-6,9,15H,7-8,14H2. The van der Waals surface area contributed by atoms with E-state index >= 15 is 0 Å². The number of aromatic nitrogens is 1. The van der Waals surface area contributed by atoms with Crippen LogP contribution in [-0.2, 0) is 0 Å². The summed E-state index contributed by atoms with van der Waals surface area (Å²) in [4.78, 5) is 14.0. The molecule has 0 unspecified atom stereocenters. The number of nitrogens with two attached hydrogens (primary N) is 1. The maximum atomic E-state index is 10.8. The van der Waals surface area contributed by atoms with Crippen LogP contribution in [0.1, 0.15) is 0 Å². The zero-order valence-corrected chi connectivity index (χ0v) is 10.7. The van der Waals surface area contributed by atoms with E-state index in [2.05, 4.69) is 10.3 Å². The molecule has 0 fully saturated rings. The van der Waals surface area contributed by atoms with E-state index in [1.165, 1.54) is 6.20 Å². The maximum absolute atomic E-state index is 10.8. The summed E-state index contributed by atoms with van der Waals surface area (Å²) in [5.74, 6) is 0.462. The third-order valence-corrected chi connectivity index (χ3v) is 2.50. The second-order valence-corrected chi connectivity index (χ2v) is 3.98. The Kier molecular flexibility index (Phi) is 4.33. The van der Waals surface area contributed by atoms with Gasteiger partial charge in [0.25, 0.3) is 0 Å². The van der Waals surface area contributed by atoms with Crippen molar-refractivity contribution >= 4 is 17.2 Å². The van der Waals surface area contributed by atoms with Gasteiger partial charge in [-0.1, -0.05) is 6.07 Å². The van der Waals surface area contributed by atoms with Crippen LogP contribution in [0.3, 0.4) is 0 Å². The monoisotopic (exact) mass is 274 g/mol. The van der Waals surface area contributed by atoms with Crippen molar-refractivity contribution in [2.24, 2.45) is 0 Å². The number of hydrogen-bond acceptors (Lipinski definition) is 6. The topological polar surface area (TPSA) is 103 Å². The van der Waals surface area contributed by atoms with Gasteiger partial charge in [-0.05, 0) is 34.2 Å². The fourth-order valence-corrected chi connectivity index (χ4v) is 1.64. The molecule has 0 saturated carbocycles. The first-order chi connectivity index (χ1) is 9.66. The number of hydrogen-bond donors (Lipinski definition) is 2. The zero-order valence-electron chi connectivity index (χ0n) is 10.7. The highest BCUT2D eigenvalue weighted by molar-refractivity contribution is 5.56. The Balaban J connectivity index is 1.86. The predicted molar refractivity (Wildman–Crippen MR) is 75.7 cm³/mol. The number of nitro groups is 1. The summed E-state index contributed by atoms with van der Waals surface area (Å²) in [6.07, 6.45) is 1.38. The van der Waals surface area contributed by atoms with Gasteiger partial charge in [0.15, 0.2) is 0 Å². The average molecular weight is 274 g/mol. The molecule has 104 valence electrons. The molecule has 3 N–H and O–H groups in total. The van der Waals surface area contributed by atoms with Crippen molar-refractivity contribution in [2.75, 3.05) is 24.2 Å². The Hall–Kier alpha value is -2.83. The van der Waals surface area contributed by atoms with Crippen molar-refractivity contribution in [3.05, 3.63) is 52.7 Å². The number of rotatable bonds is 6. The molecule has 2 rings (SSSR count). The summed E-state index contributed by atoms with van der Waals surface area (Å²) in [6.45, 7) is 0.775. The molecule has 1 heterocycles. The van der Waals surface area contributed by atoms with Crippen LogP contribution >= 0.6 is 0 Å². The average Bonchev–Trinajstić information content (AvgIpc) is 2.44. The van der Waals surface area contributed by atoms with E-state index in [1.807, 2.05) is 0 Å². The van der Waals surface area contributed by atoms with E-state index in [0.717, 1.165) is 0 Å². The molecule has 1 aromatic heterocycles. The second-order valence-electron chi connectivity index (χ2n) is 3.98. The lowest BCUT2D eigenvalue weighted by molar-refractivity contribution is -0.388. The van der Waals surface area contributed by atoms with Gasteiger partial charge in [0.05, 0.1) is 0 Å². The lowest BCUT2D eigenvalue weighted by Crippen LogP contribution is -2.12. The Morgan fingerprint density at radius 2 is 2.20 bits per heavy atom. The molecule has 0 amide bonds. The highest BCUT2D eigenvalue weighted by Gasteiger charge is 2.12. The molecule has 2 aromatic rings. The SMILES string of the molecule is Nc1cccc(OCCNc2cccnc2[N+](=O)[O-])c1. The number of pyridine rings is 1. The summed E-state index contributed by atoms with van der Waals surface area (Å²) in [5.41, 5.74) is 6.62. The Morgan fingerprint density at radius 1 is 1.35 bits per heavy atom. The maximum Gasteiger partial charge on any atom is 0.386 e. The van der Waals surface area contributed by atoms with E-state index in [0.29, 0.717) is 30.3 Å². The Bertz CT molecular complexity index is 604. The molecule has 0 bridgehead atoms. The van der Waals surface area contributed by atoms with Crippen LogP contribution in [-0.4, -0.2) is 23.1 Å². The smallest absolute Gasteiger partial charge is 0.386 e. The highest BCUT2D eigenvalue weighted by Crippen LogP contribution is 2.19. The van der Waals surface area contributed by atoms with Crippen LogP contribution in [0.15, 0.2) is 42.6 Å². The first-order valence-electron chi connectivity index (χ1n) is 5.98. The molecule has 7 heteroatoms. The Labute approximate surface area is 115 Å². The van der Waals surface area contributed by atoms with Crippen LogP contribution in [0.2, 0.25) is 0 Å². The molecule has 0 aliphatic rings. The first-order valence-corrected chi connectivity index (χ1v) is 5.98. The fourth-order valence-electron chi connectivity index (χ4n) is 1.64. The summed E-state index contributed by atoms with van der Waals surface area (Å²) in [6, 6.07) is 10.3. The normalized spacial score (nSPS) is 10.0. The van der Waals surface area contributed by atoms with E-state index in [1.54, 1.807) is 36.4 Å². The number of benzene rings is 1. The third-order valence-electron chi connectivity index (χ3n) is 2.50. The van der Waals surface area contributed by atoms with Gasteiger partial charge >= 0.3 is 5.82 Å². The van der Waals surface area contributed by atoms with Gasteiger partial charge in [-0.2, -0.15) is 0 Å². The van der Waals surface area contributed by atoms with E-state index in [4.69, 9.17) is 10.5 Å². The number of anilines is 2. The third kappa shape index (κ3) is 3.58. The molecule has 20 heavy (non-hydrogen) atoms. The molecule has 0 radical (unpaired) electrons. The molecular formula is C13H14N4O3. The van der Waals surface area contributed by atoms with Crippen molar-refractivity contribution < 1.29 is 9.66 Å². The van der Waals surface area contributed by atoms with Gasteiger partial charge in [0.1, 0.15) is 24.2 Å². The molecule has 0 atom stereocenters. The van der Waals surface area contributed by atoms with E-state index < -0.39 is 4.92 Å². The molecular weight excluding hydrogens is 260 g/mol. The van der Waals surface area contributed by atoms with Crippen LogP contribution < -0.4 is 15.8 Å². The summed E-state index contributed by atoms with van der Waals surface area (Å²) < 4.78 is 5.48.